The van der Waals surface area contributed by atoms with Crippen LogP contribution < -0.4 is 10.6 Å². The number of amides is 1. The third-order valence-corrected chi connectivity index (χ3v) is 2.88. The lowest BCUT2D eigenvalue weighted by molar-refractivity contribution is -0.121. The molecule has 0 radical (unpaired) electrons. The van der Waals surface area contributed by atoms with Crippen molar-refractivity contribution in [2.75, 3.05) is 25.1 Å². The average molecular weight is 246 g/mol. The zero-order valence-corrected chi connectivity index (χ0v) is 11.7. The average Bonchev–Trinajstić information content (AvgIpc) is 2.21. The Hall–Kier alpha value is -0.220. The van der Waals surface area contributed by atoms with Gasteiger partial charge in [0.25, 0.3) is 0 Å². The summed E-state index contributed by atoms with van der Waals surface area (Å²) in [6, 6.07) is 0.249. The molecule has 0 rings (SSSR count). The van der Waals surface area contributed by atoms with Crippen LogP contribution in [-0.2, 0) is 4.79 Å². The Morgan fingerprint density at radius 1 is 1.19 bits per heavy atom. The molecular formula is C12H26N2OS. The Bertz CT molecular complexity index is 174. The molecule has 3 nitrogen and oxygen atoms in total. The lowest BCUT2D eigenvalue weighted by Gasteiger charge is -2.08. The molecule has 0 aliphatic carbocycles. The zero-order valence-electron chi connectivity index (χ0n) is 10.8. The van der Waals surface area contributed by atoms with Crippen molar-refractivity contribution < 1.29 is 4.79 Å². The van der Waals surface area contributed by atoms with Crippen LogP contribution in [0.25, 0.3) is 0 Å². The van der Waals surface area contributed by atoms with E-state index in [0.29, 0.717) is 6.42 Å². The zero-order chi connectivity index (χ0) is 12.2. The van der Waals surface area contributed by atoms with Gasteiger partial charge in [0, 0.05) is 19.0 Å². The second-order valence-corrected chi connectivity index (χ2v) is 5.26. The fourth-order valence-corrected chi connectivity index (χ4v) is 1.89. The van der Waals surface area contributed by atoms with Crippen molar-refractivity contribution in [1.29, 1.82) is 0 Å². The number of rotatable bonds is 10. The lowest BCUT2D eigenvalue weighted by atomic mass is 10.2. The SMILES string of the molecule is CSCCCCCNCCC(=O)NC(C)C. The molecule has 0 unspecified atom stereocenters. The van der Waals surface area contributed by atoms with E-state index in [9.17, 15) is 4.79 Å². The molecule has 96 valence electrons. The van der Waals surface area contributed by atoms with Gasteiger partial charge in [0.15, 0.2) is 0 Å². The van der Waals surface area contributed by atoms with Gasteiger partial charge < -0.3 is 10.6 Å². The molecule has 4 heteroatoms. The molecule has 0 aliphatic heterocycles. The van der Waals surface area contributed by atoms with Crippen molar-refractivity contribution in [3.63, 3.8) is 0 Å². The van der Waals surface area contributed by atoms with Crippen LogP contribution in [0.1, 0.15) is 39.5 Å². The molecule has 0 saturated carbocycles. The van der Waals surface area contributed by atoms with E-state index >= 15 is 0 Å². The predicted molar refractivity (Wildman–Crippen MR) is 73.0 cm³/mol. The Labute approximate surface area is 104 Å². The topological polar surface area (TPSA) is 41.1 Å². The van der Waals surface area contributed by atoms with Crippen LogP contribution in [0, 0.1) is 0 Å². The highest BCUT2D eigenvalue weighted by molar-refractivity contribution is 7.98. The summed E-state index contributed by atoms with van der Waals surface area (Å²) in [7, 11) is 0. The van der Waals surface area contributed by atoms with Gasteiger partial charge in [-0.15, -0.1) is 0 Å². The van der Waals surface area contributed by atoms with Crippen molar-refractivity contribution in [2.45, 2.75) is 45.6 Å². The quantitative estimate of drug-likeness (QED) is 0.580. The molecular weight excluding hydrogens is 220 g/mol. The maximum absolute atomic E-state index is 11.3. The third kappa shape index (κ3) is 11.9. The van der Waals surface area contributed by atoms with E-state index < -0.39 is 0 Å². The third-order valence-electron chi connectivity index (χ3n) is 2.18. The van der Waals surface area contributed by atoms with E-state index in [2.05, 4.69) is 16.9 Å². The van der Waals surface area contributed by atoms with Gasteiger partial charge in [-0.1, -0.05) is 6.42 Å². The van der Waals surface area contributed by atoms with Crippen molar-refractivity contribution in [2.24, 2.45) is 0 Å². The van der Waals surface area contributed by atoms with Gasteiger partial charge in [0.2, 0.25) is 5.91 Å². The maximum atomic E-state index is 11.3. The summed E-state index contributed by atoms with van der Waals surface area (Å²) in [6.07, 6.45) is 6.53. The number of unbranched alkanes of at least 4 members (excludes halogenated alkanes) is 2. The summed E-state index contributed by atoms with van der Waals surface area (Å²) >= 11 is 1.91. The highest BCUT2D eigenvalue weighted by Crippen LogP contribution is 2.01. The Balaban J connectivity index is 3.11. The molecule has 2 N–H and O–H groups in total. The van der Waals surface area contributed by atoms with E-state index in [0.717, 1.165) is 13.1 Å². The normalized spacial score (nSPS) is 10.8. The number of carbonyl (C=O) groups excluding carboxylic acids is 1. The Kier molecular flexibility index (Phi) is 11.1. The first-order valence-corrected chi connectivity index (χ1v) is 7.55. The smallest absolute Gasteiger partial charge is 0.221 e. The van der Waals surface area contributed by atoms with Crippen molar-refractivity contribution >= 4 is 17.7 Å². The molecule has 0 heterocycles. The van der Waals surface area contributed by atoms with E-state index in [1.807, 2.05) is 25.6 Å². The lowest BCUT2D eigenvalue weighted by Crippen LogP contribution is -2.32. The first-order chi connectivity index (χ1) is 7.66. The van der Waals surface area contributed by atoms with Crippen LogP contribution >= 0.6 is 11.8 Å². The van der Waals surface area contributed by atoms with Crippen LogP contribution in [0.15, 0.2) is 0 Å². The van der Waals surface area contributed by atoms with Gasteiger partial charge in [0.05, 0.1) is 0 Å². The summed E-state index contributed by atoms with van der Waals surface area (Å²) < 4.78 is 0. The molecule has 0 saturated heterocycles. The number of hydrogen-bond donors (Lipinski definition) is 2. The van der Waals surface area contributed by atoms with Crippen LogP contribution in [-0.4, -0.2) is 37.0 Å². The molecule has 0 aromatic rings. The van der Waals surface area contributed by atoms with Gasteiger partial charge in [0.1, 0.15) is 0 Å². The van der Waals surface area contributed by atoms with Gasteiger partial charge in [-0.3, -0.25) is 4.79 Å². The largest absolute Gasteiger partial charge is 0.354 e. The van der Waals surface area contributed by atoms with Gasteiger partial charge in [-0.05, 0) is 45.2 Å². The number of thioether (sulfide) groups is 1. The Morgan fingerprint density at radius 2 is 1.94 bits per heavy atom. The first-order valence-electron chi connectivity index (χ1n) is 6.16. The monoisotopic (exact) mass is 246 g/mol. The fraction of sp³-hybridized carbons (Fsp3) is 0.917. The van der Waals surface area contributed by atoms with E-state index in [-0.39, 0.29) is 11.9 Å². The maximum Gasteiger partial charge on any atom is 0.221 e. The van der Waals surface area contributed by atoms with Gasteiger partial charge >= 0.3 is 0 Å². The van der Waals surface area contributed by atoms with Crippen molar-refractivity contribution in [3.8, 4) is 0 Å². The summed E-state index contributed by atoms with van der Waals surface area (Å²) in [6.45, 7) is 5.79. The molecule has 0 aromatic carbocycles. The number of carbonyl (C=O) groups is 1. The minimum Gasteiger partial charge on any atom is -0.354 e. The first kappa shape index (κ1) is 15.8. The van der Waals surface area contributed by atoms with Crippen LogP contribution in [0.4, 0.5) is 0 Å². The van der Waals surface area contributed by atoms with Gasteiger partial charge in [-0.25, -0.2) is 0 Å². The molecule has 1 amide bonds. The van der Waals surface area contributed by atoms with Crippen LogP contribution in [0.2, 0.25) is 0 Å². The van der Waals surface area contributed by atoms with Gasteiger partial charge in [-0.2, -0.15) is 11.8 Å². The highest BCUT2D eigenvalue weighted by atomic mass is 32.2. The molecule has 0 spiro atoms. The fourth-order valence-electron chi connectivity index (χ4n) is 1.39. The van der Waals surface area contributed by atoms with E-state index in [1.54, 1.807) is 0 Å². The molecule has 0 aromatic heterocycles. The van der Waals surface area contributed by atoms with E-state index in [1.165, 1.54) is 25.0 Å². The second kappa shape index (κ2) is 11.3. The molecule has 16 heavy (non-hydrogen) atoms. The summed E-state index contributed by atoms with van der Waals surface area (Å²) in [5, 5.41) is 6.18. The second-order valence-electron chi connectivity index (χ2n) is 4.28. The predicted octanol–water partition coefficient (Wildman–Crippen LogP) is 2.02. The number of nitrogens with one attached hydrogen (secondary N) is 2. The number of hydrogen-bond acceptors (Lipinski definition) is 3. The van der Waals surface area contributed by atoms with Crippen molar-refractivity contribution in [1.82, 2.24) is 10.6 Å². The highest BCUT2D eigenvalue weighted by Gasteiger charge is 2.01. The van der Waals surface area contributed by atoms with Crippen LogP contribution in [0.5, 0.6) is 0 Å². The van der Waals surface area contributed by atoms with E-state index in [4.69, 9.17) is 0 Å². The standard InChI is InChI=1S/C12H26N2OS/c1-11(2)14-12(15)7-9-13-8-5-4-6-10-16-3/h11,13H,4-10H2,1-3H3,(H,14,15). The van der Waals surface area contributed by atoms with Crippen LogP contribution in [0.3, 0.4) is 0 Å². The molecule has 0 bridgehead atoms. The minimum atomic E-state index is 0.143. The summed E-state index contributed by atoms with van der Waals surface area (Å²) in [5.41, 5.74) is 0. The summed E-state index contributed by atoms with van der Waals surface area (Å²) in [5.74, 6) is 1.40. The minimum absolute atomic E-state index is 0.143. The molecule has 0 atom stereocenters. The Morgan fingerprint density at radius 3 is 2.56 bits per heavy atom. The molecule has 0 aliphatic rings. The van der Waals surface area contributed by atoms with Crippen molar-refractivity contribution in [3.05, 3.63) is 0 Å². The molecule has 0 fully saturated rings. The summed E-state index contributed by atoms with van der Waals surface area (Å²) in [4.78, 5) is 11.3.